The Morgan fingerprint density at radius 3 is 2.68 bits per heavy atom. The molecular weight excluding hydrogens is 288 g/mol. The van der Waals surface area contributed by atoms with E-state index in [9.17, 15) is 13.2 Å². The van der Waals surface area contributed by atoms with Crippen molar-refractivity contribution in [3.63, 3.8) is 0 Å². The van der Waals surface area contributed by atoms with Gasteiger partial charge in [-0.25, -0.2) is 8.42 Å². The van der Waals surface area contributed by atoms with Crippen LogP contribution in [-0.2, 0) is 28.1 Å². The van der Waals surface area contributed by atoms with Gasteiger partial charge < -0.3 is 0 Å². The number of aryl methyl sites for hydroxylation is 2. The third-order valence-electron chi connectivity index (χ3n) is 3.49. The van der Waals surface area contributed by atoms with Crippen LogP contribution in [0.5, 0.6) is 0 Å². The molecular formula is C12H17ClN2O3S. The van der Waals surface area contributed by atoms with Crippen molar-refractivity contribution < 1.29 is 13.2 Å². The Balaban J connectivity index is 1.99. The minimum atomic E-state index is -2.92. The average molecular weight is 305 g/mol. The van der Waals surface area contributed by atoms with Gasteiger partial charge in [0.1, 0.15) is 10.9 Å². The van der Waals surface area contributed by atoms with E-state index in [1.165, 1.54) is 0 Å². The number of nitrogens with zero attached hydrogens (tertiary/aromatic N) is 2. The summed E-state index contributed by atoms with van der Waals surface area (Å²) >= 11 is 6.07. The molecule has 0 N–H and O–H groups in total. The summed E-state index contributed by atoms with van der Waals surface area (Å²) in [4.78, 5) is 12.0. The molecule has 2 heterocycles. The second-order valence-corrected chi connectivity index (χ2v) is 7.75. The highest BCUT2D eigenvalue weighted by Gasteiger charge is 2.29. The first-order chi connectivity index (χ1) is 8.78. The maximum absolute atomic E-state index is 12.0. The van der Waals surface area contributed by atoms with E-state index in [4.69, 9.17) is 11.6 Å². The first kappa shape index (κ1) is 14.5. The molecule has 5 nitrogen and oxygen atoms in total. The van der Waals surface area contributed by atoms with E-state index in [1.54, 1.807) is 11.7 Å². The number of ketones is 1. The molecule has 0 spiro atoms. The van der Waals surface area contributed by atoms with Crippen molar-refractivity contribution in [1.29, 1.82) is 0 Å². The third-order valence-corrected chi connectivity index (χ3v) is 5.80. The average Bonchev–Trinajstić information content (AvgIpc) is 2.74. The zero-order valence-electron chi connectivity index (χ0n) is 11.0. The number of aromatic nitrogens is 2. The molecule has 0 aromatic carbocycles. The minimum absolute atomic E-state index is 0.0279. The Bertz CT molecular complexity index is 607. The number of rotatable bonds is 4. The summed E-state index contributed by atoms with van der Waals surface area (Å²) in [5, 5.41) is 4.63. The fourth-order valence-electron chi connectivity index (χ4n) is 2.50. The normalized spacial score (nSPS) is 21.7. The topological polar surface area (TPSA) is 69.0 Å². The van der Waals surface area contributed by atoms with Crippen LogP contribution >= 0.6 is 11.6 Å². The maximum Gasteiger partial charge on any atom is 0.150 e. The summed E-state index contributed by atoms with van der Waals surface area (Å²) in [6.45, 7) is 1.81. The molecule has 2 rings (SSSR count). The van der Waals surface area contributed by atoms with E-state index >= 15 is 0 Å². The fourth-order valence-corrected chi connectivity index (χ4v) is 4.60. The predicted molar refractivity (Wildman–Crippen MR) is 73.0 cm³/mol. The van der Waals surface area contributed by atoms with Crippen LogP contribution in [-0.4, -0.2) is 35.5 Å². The quantitative estimate of drug-likeness (QED) is 0.841. The third kappa shape index (κ3) is 3.36. The van der Waals surface area contributed by atoms with Gasteiger partial charge in [0.05, 0.1) is 17.2 Å². The van der Waals surface area contributed by atoms with Gasteiger partial charge in [-0.05, 0) is 19.3 Å². The second kappa shape index (κ2) is 5.25. The van der Waals surface area contributed by atoms with Crippen molar-refractivity contribution in [2.75, 3.05) is 11.5 Å². The van der Waals surface area contributed by atoms with Gasteiger partial charge in [0, 0.05) is 25.5 Å². The number of hydrogen-bond acceptors (Lipinski definition) is 4. The lowest BCUT2D eigenvalue weighted by Crippen LogP contribution is -2.12. The van der Waals surface area contributed by atoms with Crippen molar-refractivity contribution in [3.8, 4) is 0 Å². The molecule has 1 atom stereocenters. The lowest BCUT2D eigenvalue weighted by Gasteiger charge is -2.06. The van der Waals surface area contributed by atoms with Crippen molar-refractivity contribution in [3.05, 3.63) is 16.4 Å². The number of sulfone groups is 1. The first-order valence-electron chi connectivity index (χ1n) is 6.18. The fraction of sp³-hybridized carbons (Fsp3) is 0.667. The van der Waals surface area contributed by atoms with Gasteiger partial charge in [0.2, 0.25) is 0 Å². The summed E-state index contributed by atoms with van der Waals surface area (Å²) in [6, 6.07) is 0. The highest BCUT2D eigenvalue weighted by Crippen LogP contribution is 2.24. The number of Topliss-reactive ketones (excluding diaryl/α,β-unsaturated/α-hetero) is 1. The summed E-state index contributed by atoms with van der Waals surface area (Å²) in [5.74, 6) is 0.337. The number of hydrogen-bond donors (Lipinski definition) is 0. The molecule has 1 aromatic heterocycles. The molecule has 0 amide bonds. The second-order valence-electron chi connectivity index (χ2n) is 5.17. The summed E-state index contributed by atoms with van der Waals surface area (Å²) in [7, 11) is -1.19. The van der Waals surface area contributed by atoms with Crippen molar-refractivity contribution in [1.82, 2.24) is 9.78 Å². The zero-order valence-corrected chi connectivity index (χ0v) is 12.6. The number of carbonyl (C=O) groups excluding carboxylic acids is 1. The molecule has 1 saturated heterocycles. The van der Waals surface area contributed by atoms with Gasteiger partial charge in [0.15, 0.2) is 9.84 Å². The molecule has 0 bridgehead atoms. The monoisotopic (exact) mass is 304 g/mol. The van der Waals surface area contributed by atoms with Crippen LogP contribution in [0.25, 0.3) is 0 Å². The molecule has 1 unspecified atom stereocenters. The lowest BCUT2D eigenvalue weighted by molar-refractivity contribution is -0.119. The van der Waals surface area contributed by atoms with Crippen LogP contribution < -0.4 is 0 Å². The standard InChI is InChI=1S/C12H17ClN2O3S/c1-8-11(12(13)15(2)14-8)6-10(16)5-9-3-4-19(17,18)7-9/h9H,3-7H2,1-2H3. The van der Waals surface area contributed by atoms with Crippen LogP contribution in [0.3, 0.4) is 0 Å². The van der Waals surface area contributed by atoms with Crippen LogP contribution in [0.4, 0.5) is 0 Å². The van der Waals surface area contributed by atoms with Gasteiger partial charge in [0.25, 0.3) is 0 Å². The molecule has 0 aliphatic carbocycles. The number of halogens is 1. The molecule has 0 saturated carbocycles. The van der Waals surface area contributed by atoms with E-state index in [1.807, 2.05) is 6.92 Å². The summed E-state index contributed by atoms with van der Waals surface area (Å²) in [5.41, 5.74) is 1.50. The van der Waals surface area contributed by atoms with Crippen LogP contribution in [0.1, 0.15) is 24.1 Å². The van der Waals surface area contributed by atoms with Crippen LogP contribution in [0.15, 0.2) is 0 Å². The van der Waals surface area contributed by atoms with E-state index in [0.29, 0.717) is 18.0 Å². The lowest BCUT2D eigenvalue weighted by atomic mass is 9.98. The highest BCUT2D eigenvalue weighted by atomic mass is 35.5. The predicted octanol–water partition coefficient (Wildman–Crippen LogP) is 1.32. The number of carbonyl (C=O) groups is 1. The maximum atomic E-state index is 12.0. The van der Waals surface area contributed by atoms with Gasteiger partial charge in [-0.2, -0.15) is 5.10 Å². The van der Waals surface area contributed by atoms with Crippen molar-refractivity contribution in [2.45, 2.75) is 26.2 Å². The Morgan fingerprint density at radius 2 is 2.21 bits per heavy atom. The Kier molecular flexibility index (Phi) is 4.01. The van der Waals surface area contributed by atoms with Crippen molar-refractivity contribution in [2.24, 2.45) is 13.0 Å². The summed E-state index contributed by atoms with van der Waals surface area (Å²) in [6.07, 6.45) is 1.13. The molecule has 19 heavy (non-hydrogen) atoms. The van der Waals surface area contributed by atoms with Crippen LogP contribution in [0, 0.1) is 12.8 Å². The largest absolute Gasteiger partial charge is 0.299 e. The Morgan fingerprint density at radius 1 is 1.53 bits per heavy atom. The van der Waals surface area contributed by atoms with Crippen molar-refractivity contribution >= 4 is 27.2 Å². The minimum Gasteiger partial charge on any atom is -0.299 e. The molecule has 0 radical (unpaired) electrons. The molecule has 106 valence electrons. The van der Waals surface area contributed by atoms with E-state index in [2.05, 4.69) is 5.10 Å². The molecule has 1 aromatic rings. The van der Waals surface area contributed by atoms with Gasteiger partial charge in [-0.3, -0.25) is 9.48 Å². The molecule has 1 aliphatic heterocycles. The van der Waals surface area contributed by atoms with E-state index in [0.717, 1.165) is 11.3 Å². The highest BCUT2D eigenvalue weighted by molar-refractivity contribution is 7.91. The van der Waals surface area contributed by atoms with E-state index < -0.39 is 9.84 Å². The van der Waals surface area contributed by atoms with Gasteiger partial charge in [-0.1, -0.05) is 11.6 Å². The smallest absolute Gasteiger partial charge is 0.150 e. The Labute approximate surface area is 117 Å². The van der Waals surface area contributed by atoms with Crippen LogP contribution in [0.2, 0.25) is 5.15 Å². The molecule has 1 aliphatic rings. The van der Waals surface area contributed by atoms with Gasteiger partial charge >= 0.3 is 0 Å². The first-order valence-corrected chi connectivity index (χ1v) is 8.38. The summed E-state index contributed by atoms with van der Waals surface area (Å²) < 4.78 is 24.2. The SMILES string of the molecule is Cc1nn(C)c(Cl)c1CC(=O)CC1CCS(=O)(=O)C1. The van der Waals surface area contributed by atoms with Gasteiger partial charge in [-0.15, -0.1) is 0 Å². The van der Waals surface area contributed by atoms with E-state index in [-0.39, 0.29) is 29.6 Å². The zero-order chi connectivity index (χ0) is 14.2. The molecule has 7 heteroatoms. The molecule has 1 fully saturated rings. The Hall–Kier alpha value is -0.880.